The fraction of sp³-hybridized carbons (Fsp3) is 0.538. The Labute approximate surface area is 111 Å². The number of thiophene rings is 1. The summed E-state index contributed by atoms with van der Waals surface area (Å²) in [5.74, 6) is 0.218. The largest absolute Gasteiger partial charge is 0.370 e. The van der Waals surface area contributed by atoms with Gasteiger partial charge < -0.3 is 10.6 Å². The van der Waals surface area contributed by atoms with Gasteiger partial charge in [-0.25, -0.2) is 0 Å². The van der Waals surface area contributed by atoms with Gasteiger partial charge in [0.15, 0.2) is 0 Å². The molecule has 0 radical (unpaired) electrons. The number of nitrogens with zero attached hydrogens (tertiary/aromatic N) is 1. The molecule has 2 rings (SSSR count). The van der Waals surface area contributed by atoms with Gasteiger partial charge in [-0.3, -0.25) is 9.59 Å². The SMILES string of the molecule is Cc1ccc(C(=O)N2CCC(CC(N)=O)CC2)s1. The second-order valence-electron chi connectivity index (χ2n) is 4.82. The van der Waals surface area contributed by atoms with Crippen molar-refractivity contribution in [1.82, 2.24) is 4.90 Å². The Morgan fingerprint density at radius 2 is 2.06 bits per heavy atom. The minimum absolute atomic E-state index is 0.116. The number of primary amides is 1. The zero-order valence-electron chi connectivity index (χ0n) is 10.5. The van der Waals surface area contributed by atoms with Crippen LogP contribution in [0.15, 0.2) is 12.1 Å². The second-order valence-corrected chi connectivity index (χ2v) is 6.10. The van der Waals surface area contributed by atoms with Crippen LogP contribution in [0, 0.1) is 12.8 Å². The van der Waals surface area contributed by atoms with Crippen LogP contribution in [0.1, 0.15) is 33.8 Å². The van der Waals surface area contributed by atoms with Crippen LogP contribution in [-0.2, 0) is 4.79 Å². The first-order valence-electron chi connectivity index (χ1n) is 6.20. The summed E-state index contributed by atoms with van der Waals surface area (Å²) in [5, 5.41) is 0. The molecular formula is C13H18N2O2S. The highest BCUT2D eigenvalue weighted by Gasteiger charge is 2.25. The normalized spacial score (nSPS) is 16.8. The first-order chi connectivity index (χ1) is 8.56. The molecule has 0 bridgehead atoms. The fourth-order valence-electron chi connectivity index (χ4n) is 2.33. The standard InChI is InChI=1S/C13H18N2O2S/c1-9-2-3-11(18-9)13(17)15-6-4-10(5-7-15)8-12(14)16/h2-3,10H,4-8H2,1H3,(H2,14,16). The van der Waals surface area contributed by atoms with Crippen molar-refractivity contribution in [3.8, 4) is 0 Å². The third-order valence-corrected chi connectivity index (χ3v) is 4.33. The molecule has 18 heavy (non-hydrogen) atoms. The molecule has 1 aliphatic rings. The maximum absolute atomic E-state index is 12.2. The van der Waals surface area contributed by atoms with Crippen molar-refractivity contribution in [2.45, 2.75) is 26.2 Å². The van der Waals surface area contributed by atoms with Gasteiger partial charge in [0.1, 0.15) is 0 Å². The van der Waals surface area contributed by atoms with Crippen molar-refractivity contribution < 1.29 is 9.59 Å². The number of aryl methyl sites for hydroxylation is 1. The van der Waals surface area contributed by atoms with Crippen LogP contribution in [0.4, 0.5) is 0 Å². The maximum atomic E-state index is 12.2. The quantitative estimate of drug-likeness (QED) is 0.906. The van der Waals surface area contributed by atoms with E-state index < -0.39 is 0 Å². The number of carbonyl (C=O) groups is 2. The minimum Gasteiger partial charge on any atom is -0.370 e. The predicted octanol–water partition coefficient (Wildman–Crippen LogP) is 1.78. The van der Waals surface area contributed by atoms with Crippen molar-refractivity contribution in [1.29, 1.82) is 0 Å². The molecule has 0 saturated carbocycles. The topological polar surface area (TPSA) is 63.4 Å². The lowest BCUT2D eigenvalue weighted by Crippen LogP contribution is -2.39. The molecular weight excluding hydrogens is 248 g/mol. The average Bonchev–Trinajstić information content (AvgIpc) is 2.75. The summed E-state index contributed by atoms with van der Waals surface area (Å²) in [7, 11) is 0. The van der Waals surface area contributed by atoms with Crippen LogP contribution in [0.2, 0.25) is 0 Å². The number of carbonyl (C=O) groups excluding carboxylic acids is 2. The van der Waals surface area contributed by atoms with Gasteiger partial charge >= 0.3 is 0 Å². The van der Waals surface area contributed by atoms with Crippen molar-refractivity contribution in [2.75, 3.05) is 13.1 Å². The summed E-state index contributed by atoms with van der Waals surface area (Å²) in [6.45, 7) is 3.46. The van der Waals surface area contributed by atoms with Gasteiger partial charge in [0.25, 0.3) is 5.91 Å². The van der Waals surface area contributed by atoms with Crippen LogP contribution in [0.25, 0.3) is 0 Å². The number of hydrogen-bond acceptors (Lipinski definition) is 3. The molecule has 1 aliphatic heterocycles. The van der Waals surface area contributed by atoms with Crippen molar-refractivity contribution in [2.24, 2.45) is 11.7 Å². The van der Waals surface area contributed by atoms with Gasteiger partial charge in [-0.2, -0.15) is 0 Å². The zero-order valence-corrected chi connectivity index (χ0v) is 11.3. The molecule has 0 spiro atoms. The monoisotopic (exact) mass is 266 g/mol. The van der Waals surface area contributed by atoms with Crippen molar-refractivity contribution in [3.05, 3.63) is 21.9 Å². The number of amides is 2. The van der Waals surface area contributed by atoms with Crippen LogP contribution < -0.4 is 5.73 Å². The fourth-order valence-corrected chi connectivity index (χ4v) is 3.17. The first-order valence-corrected chi connectivity index (χ1v) is 7.02. The Hall–Kier alpha value is -1.36. The Kier molecular flexibility index (Phi) is 4.01. The van der Waals surface area contributed by atoms with Crippen LogP contribution in [0.5, 0.6) is 0 Å². The van der Waals surface area contributed by atoms with Crippen molar-refractivity contribution in [3.63, 3.8) is 0 Å². The minimum atomic E-state index is -0.242. The molecule has 4 nitrogen and oxygen atoms in total. The highest BCUT2D eigenvalue weighted by Crippen LogP contribution is 2.23. The molecule has 1 saturated heterocycles. The molecule has 1 aromatic heterocycles. The van der Waals surface area contributed by atoms with Gasteiger partial charge in [-0.05, 0) is 37.8 Å². The van der Waals surface area contributed by atoms with Gasteiger partial charge in [-0.1, -0.05) is 0 Å². The van der Waals surface area contributed by atoms with Crippen LogP contribution in [-0.4, -0.2) is 29.8 Å². The van der Waals surface area contributed by atoms with Crippen LogP contribution in [0.3, 0.4) is 0 Å². The van der Waals surface area contributed by atoms with Gasteiger partial charge in [-0.15, -0.1) is 11.3 Å². The van der Waals surface area contributed by atoms with E-state index in [2.05, 4.69) is 0 Å². The highest BCUT2D eigenvalue weighted by atomic mass is 32.1. The number of hydrogen-bond donors (Lipinski definition) is 1. The van der Waals surface area contributed by atoms with E-state index in [1.165, 1.54) is 11.3 Å². The van der Waals surface area contributed by atoms with E-state index in [9.17, 15) is 9.59 Å². The maximum Gasteiger partial charge on any atom is 0.263 e. The average molecular weight is 266 g/mol. The highest BCUT2D eigenvalue weighted by molar-refractivity contribution is 7.13. The molecule has 1 aromatic rings. The van der Waals surface area contributed by atoms with Crippen LogP contribution >= 0.6 is 11.3 Å². The Balaban J connectivity index is 1.90. The third-order valence-electron chi connectivity index (χ3n) is 3.34. The van der Waals surface area contributed by atoms with Gasteiger partial charge in [0.2, 0.25) is 5.91 Å². The molecule has 1 fully saturated rings. The summed E-state index contributed by atoms with van der Waals surface area (Å²) in [6, 6.07) is 3.86. The molecule has 0 aromatic carbocycles. The summed E-state index contributed by atoms with van der Waals surface area (Å²) < 4.78 is 0. The lowest BCUT2D eigenvalue weighted by atomic mass is 9.93. The van der Waals surface area contributed by atoms with E-state index in [4.69, 9.17) is 5.73 Å². The van der Waals surface area contributed by atoms with Gasteiger partial charge in [0, 0.05) is 24.4 Å². The number of nitrogens with two attached hydrogens (primary N) is 1. The lowest BCUT2D eigenvalue weighted by Gasteiger charge is -2.31. The number of rotatable bonds is 3. The number of likely N-dealkylation sites (tertiary alicyclic amines) is 1. The molecule has 2 N–H and O–H groups in total. The smallest absolute Gasteiger partial charge is 0.263 e. The summed E-state index contributed by atoms with van der Waals surface area (Å²) >= 11 is 1.54. The summed E-state index contributed by atoms with van der Waals surface area (Å²) in [4.78, 5) is 26.9. The third kappa shape index (κ3) is 3.10. The van der Waals surface area contributed by atoms with E-state index in [0.717, 1.165) is 35.7 Å². The van der Waals surface area contributed by atoms with E-state index in [-0.39, 0.29) is 11.8 Å². The first kappa shape index (κ1) is 13.1. The van der Waals surface area contributed by atoms with Gasteiger partial charge in [0.05, 0.1) is 4.88 Å². The van der Waals surface area contributed by atoms with E-state index in [0.29, 0.717) is 12.3 Å². The second kappa shape index (κ2) is 5.52. The molecule has 98 valence electrons. The van der Waals surface area contributed by atoms with E-state index in [1.807, 2.05) is 24.0 Å². The van der Waals surface area contributed by atoms with E-state index >= 15 is 0 Å². The van der Waals surface area contributed by atoms with Crippen molar-refractivity contribution >= 4 is 23.2 Å². The predicted molar refractivity (Wildman–Crippen MR) is 71.5 cm³/mol. The Morgan fingerprint density at radius 3 is 2.56 bits per heavy atom. The zero-order chi connectivity index (χ0) is 13.1. The molecule has 0 unspecified atom stereocenters. The number of piperidine rings is 1. The molecule has 5 heteroatoms. The Bertz CT molecular complexity index is 448. The molecule has 0 aliphatic carbocycles. The molecule has 2 heterocycles. The summed E-state index contributed by atoms with van der Waals surface area (Å²) in [5.41, 5.74) is 5.19. The molecule has 0 atom stereocenters. The van der Waals surface area contributed by atoms with E-state index in [1.54, 1.807) is 0 Å². The Morgan fingerprint density at radius 1 is 1.39 bits per heavy atom. The lowest BCUT2D eigenvalue weighted by molar-refractivity contribution is -0.119. The summed E-state index contributed by atoms with van der Waals surface area (Å²) in [6.07, 6.45) is 2.19. The molecule has 2 amide bonds.